The van der Waals surface area contributed by atoms with Crippen LogP contribution in [0.5, 0.6) is 5.75 Å². The molecule has 0 saturated carbocycles. The van der Waals surface area contributed by atoms with E-state index in [1.807, 2.05) is 66.4 Å². The van der Waals surface area contributed by atoms with Crippen molar-refractivity contribution in [2.24, 2.45) is 0 Å². The molecule has 5 nitrogen and oxygen atoms in total. The average Bonchev–Trinajstić information content (AvgIpc) is 2.67. The number of carbonyl (C=O) groups is 2. The van der Waals surface area contributed by atoms with Gasteiger partial charge in [-0.25, -0.2) is 0 Å². The molecule has 2 aromatic carbocycles. The second kappa shape index (κ2) is 8.04. The van der Waals surface area contributed by atoms with Crippen molar-refractivity contribution in [3.05, 3.63) is 60.2 Å². The smallest absolute Gasteiger partial charge is 0.267 e. The molecule has 2 aromatic rings. The van der Waals surface area contributed by atoms with E-state index in [0.717, 1.165) is 11.3 Å². The molecule has 0 saturated heterocycles. The van der Waals surface area contributed by atoms with E-state index >= 15 is 0 Å². The van der Waals surface area contributed by atoms with Gasteiger partial charge in [0.2, 0.25) is 5.91 Å². The Morgan fingerprint density at radius 1 is 1.12 bits per heavy atom. The van der Waals surface area contributed by atoms with Gasteiger partial charge in [-0.05, 0) is 31.5 Å². The Bertz CT molecular complexity index is 776. The molecule has 0 radical (unpaired) electrons. The fraction of sp³-hybridized carbons (Fsp3) is 0.333. The van der Waals surface area contributed by atoms with E-state index < -0.39 is 6.10 Å². The first-order chi connectivity index (χ1) is 12.6. The minimum Gasteiger partial charge on any atom is -0.479 e. The van der Waals surface area contributed by atoms with Crippen molar-refractivity contribution >= 4 is 17.5 Å². The van der Waals surface area contributed by atoms with Crippen LogP contribution in [-0.2, 0) is 16.1 Å². The van der Waals surface area contributed by atoms with Crippen molar-refractivity contribution in [2.45, 2.75) is 32.9 Å². The number of para-hydroxylation sites is 2. The zero-order chi connectivity index (χ0) is 18.5. The molecule has 0 fully saturated rings. The summed E-state index contributed by atoms with van der Waals surface area (Å²) in [7, 11) is 0. The lowest BCUT2D eigenvalue weighted by molar-refractivity contribution is -0.131. The van der Waals surface area contributed by atoms with E-state index in [9.17, 15) is 9.59 Å². The molecule has 0 aromatic heterocycles. The molecular formula is C21H24N2O3. The van der Waals surface area contributed by atoms with Gasteiger partial charge in [-0.2, -0.15) is 0 Å². The van der Waals surface area contributed by atoms with Gasteiger partial charge in [-0.3, -0.25) is 9.59 Å². The summed E-state index contributed by atoms with van der Waals surface area (Å²) in [6.45, 7) is 5.28. The average molecular weight is 352 g/mol. The maximum Gasteiger partial charge on any atom is 0.267 e. The predicted molar refractivity (Wildman–Crippen MR) is 101 cm³/mol. The molecule has 3 rings (SSSR count). The lowest BCUT2D eigenvalue weighted by atomic mass is 10.1. The first-order valence-corrected chi connectivity index (χ1v) is 8.99. The number of hydrogen-bond donors (Lipinski definition) is 0. The molecule has 1 heterocycles. The van der Waals surface area contributed by atoms with Gasteiger partial charge in [0.1, 0.15) is 5.75 Å². The first-order valence-electron chi connectivity index (χ1n) is 8.99. The van der Waals surface area contributed by atoms with Gasteiger partial charge < -0.3 is 14.5 Å². The molecule has 0 N–H and O–H groups in total. The fourth-order valence-electron chi connectivity index (χ4n) is 3.14. The lowest BCUT2D eigenvalue weighted by Crippen LogP contribution is -2.46. The summed E-state index contributed by atoms with van der Waals surface area (Å²) >= 11 is 0. The molecule has 26 heavy (non-hydrogen) atoms. The number of hydrogen-bond acceptors (Lipinski definition) is 3. The summed E-state index contributed by atoms with van der Waals surface area (Å²) in [6, 6.07) is 17.4. The maximum absolute atomic E-state index is 12.7. The molecule has 1 aliphatic rings. The van der Waals surface area contributed by atoms with Crippen molar-refractivity contribution in [1.29, 1.82) is 0 Å². The maximum atomic E-state index is 12.7. The van der Waals surface area contributed by atoms with Gasteiger partial charge in [-0.1, -0.05) is 42.5 Å². The van der Waals surface area contributed by atoms with Gasteiger partial charge >= 0.3 is 0 Å². The number of benzene rings is 2. The van der Waals surface area contributed by atoms with E-state index in [-0.39, 0.29) is 18.2 Å². The van der Waals surface area contributed by atoms with E-state index in [2.05, 4.69) is 0 Å². The van der Waals surface area contributed by atoms with Crippen LogP contribution in [0.15, 0.2) is 54.6 Å². The van der Waals surface area contributed by atoms with Crippen LogP contribution >= 0.6 is 0 Å². The van der Waals surface area contributed by atoms with Crippen molar-refractivity contribution in [2.75, 3.05) is 18.0 Å². The predicted octanol–water partition coefficient (Wildman–Crippen LogP) is 3.24. The molecule has 1 atom stereocenters. The summed E-state index contributed by atoms with van der Waals surface area (Å²) in [4.78, 5) is 28.7. The molecule has 1 aliphatic heterocycles. The van der Waals surface area contributed by atoms with E-state index in [4.69, 9.17) is 4.74 Å². The van der Waals surface area contributed by atoms with E-state index in [1.165, 1.54) is 0 Å². The summed E-state index contributed by atoms with van der Waals surface area (Å²) in [6.07, 6.45) is -0.250. The zero-order valence-corrected chi connectivity index (χ0v) is 15.2. The van der Waals surface area contributed by atoms with Gasteiger partial charge in [0, 0.05) is 26.1 Å². The van der Waals surface area contributed by atoms with Crippen LogP contribution < -0.4 is 9.64 Å². The minimum absolute atomic E-state index is 0.0424. The number of nitrogens with zero attached hydrogens (tertiary/aromatic N) is 2. The number of anilines is 1. The monoisotopic (exact) mass is 352 g/mol. The molecule has 136 valence electrons. The summed E-state index contributed by atoms with van der Waals surface area (Å²) < 4.78 is 5.64. The van der Waals surface area contributed by atoms with Crippen molar-refractivity contribution < 1.29 is 14.3 Å². The molecule has 0 bridgehead atoms. The summed E-state index contributed by atoms with van der Waals surface area (Å²) in [5, 5.41) is 0. The molecule has 2 amide bonds. The zero-order valence-electron chi connectivity index (χ0n) is 15.2. The van der Waals surface area contributed by atoms with Gasteiger partial charge in [-0.15, -0.1) is 0 Å². The Hall–Kier alpha value is -2.82. The topological polar surface area (TPSA) is 49.9 Å². The minimum atomic E-state index is -0.536. The van der Waals surface area contributed by atoms with Gasteiger partial charge in [0.15, 0.2) is 6.10 Å². The highest BCUT2D eigenvalue weighted by Gasteiger charge is 2.31. The Morgan fingerprint density at radius 3 is 2.54 bits per heavy atom. The Kier molecular flexibility index (Phi) is 5.56. The second-order valence-electron chi connectivity index (χ2n) is 6.36. The van der Waals surface area contributed by atoms with Crippen LogP contribution in [0.3, 0.4) is 0 Å². The van der Waals surface area contributed by atoms with Crippen molar-refractivity contribution in [3.63, 3.8) is 0 Å². The van der Waals surface area contributed by atoms with Crippen LogP contribution in [0.1, 0.15) is 25.8 Å². The highest BCUT2D eigenvalue weighted by Crippen LogP contribution is 2.33. The SMILES string of the molecule is CCN(Cc1ccccc1)C(=O)CCN1C(=O)C(C)Oc2ccccc21. The molecule has 1 unspecified atom stereocenters. The largest absolute Gasteiger partial charge is 0.479 e. The number of ether oxygens (including phenoxy) is 1. The van der Waals surface area contributed by atoms with Crippen LogP contribution in [0.25, 0.3) is 0 Å². The Balaban J connectivity index is 1.67. The number of carbonyl (C=O) groups excluding carboxylic acids is 2. The van der Waals surface area contributed by atoms with Gasteiger partial charge in [0.25, 0.3) is 5.91 Å². The number of rotatable bonds is 6. The highest BCUT2D eigenvalue weighted by atomic mass is 16.5. The summed E-state index contributed by atoms with van der Waals surface area (Å²) in [5.41, 5.74) is 1.83. The standard InChI is InChI=1S/C21H24N2O3/c1-3-22(15-17-9-5-4-6-10-17)20(24)13-14-23-18-11-7-8-12-19(18)26-16(2)21(23)25/h4-12,16H,3,13-15H2,1-2H3. The van der Waals surface area contributed by atoms with Crippen molar-refractivity contribution in [3.8, 4) is 5.75 Å². The first kappa shape index (κ1) is 18.0. The molecular weight excluding hydrogens is 328 g/mol. The third kappa shape index (κ3) is 3.87. The fourth-order valence-corrected chi connectivity index (χ4v) is 3.14. The third-order valence-electron chi connectivity index (χ3n) is 4.57. The Labute approximate surface area is 154 Å². The highest BCUT2D eigenvalue weighted by molar-refractivity contribution is 6.00. The molecule has 5 heteroatoms. The lowest BCUT2D eigenvalue weighted by Gasteiger charge is -2.33. The third-order valence-corrected chi connectivity index (χ3v) is 4.57. The second-order valence-corrected chi connectivity index (χ2v) is 6.36. The van der Waals surface area contributed by atoms with Crippen LogP contribution in [0.4, 0.5) is 5.69 Å². The normalized spacial score (nSPS) is 16.0. The van der Waals surface area contributed by atoms with E-state index in [1.54, 1.807) is 11.8 Å². The Morgan fingerprint density at radius 2 is 1.81 bits per heavy atom. The van der Waals surface area contributed by atoms with Crippen LogP contribution in [-0.4, -0.2) is 35.9 Å². The van der Waals surface area contributed by atoms with Crippen LogP contribution in [0, 0.1) is 0 Å². The van der Waals surface area contributed by atoms with Crippen molar-refractivity contribution in [1.82, 2.24) is 4.90 Å². The number of fused-ring (bicyclic) bond motifs is 1. The molecule has 0 spiro atoms. The van der Waals surface area contributed by atoms with Crippen LogP contribution in [0.2, 0.25) is 0 Å². The number of amides is 2. The quantitative estimate of drug-likeness (QED) is 0.802. The molecule has 0 aliphatic carbocycles. The summed E-state index contributed by atoms with van der Waals surface area (Å²) in [5.74, 6) is 0.618. The van der Waals surface area contributed by atoms with E-state index in [0.29, 0.717) is 25.4 Å². The van der Waals surface area contributed by atoms with Gasteiger partial charge in [0.05, 0.1) is 5.69 Å².